The molecule has 0 amide bonds. The van der Waals surface area contributed by atoms with Crippen LogP contribution in [0.25, 0.3) is 0 Å². The van der Waals surface area contributed by atoms with Crippen LogP contribution >= 0.6 is 0 Å². The topological polar surface area (TPSA) is 26.0 Å². The third-order valence-electron chi connectivity index (χ3n) is 1.97. The smallest absolute Gasteiger partial charge is 0.165 e. The maximum absolute atomic E-state index is 13.1. The van der Waals surface area contributed by atoms with Gasteiger partial charge in [-0.1, -0.05) is 0 Å². The summed E-state index contributed by atoms with van der Waals surface area (Å²) in [5.74, 6) is -5.42. The Bertz CT molecular complexity index is 333. The molecule has 0 aliphatic heterocycles. The summed E-state index contributed by atoms with van der Waals surface area (Å²) in [4.78, 5) is 0. The first-order valence-electron chi connectivity index (χ1n) is 4.02. The zero-order valence-electron chi connectivity index (χ0n) is 7.50. The van der Waals surface area contributed by atoms with Crippen LogP contribution in [0.4, 0.5) is 17.6 Å². The molecule has 78 valence electrons. The summed E-state index contributed by atoms with van der Waals surface area (Å²) in [6.07, 6.45) is -0.230. The fourth-order valence-electron chi connectivity index (χ4n) is 1.15. The molecule has 0 aliphatic rings. The van der Waals surface area contributed by atoms with E-state index < -0.39 is 34.4 Å². The van der Waals surface area contributed by atoms with Crippen LogP contribution in [-0.2, 0) is 6.42 Å². The van der Waals surface area contributed by atoms with Crippen molar-refractivity contribution in [3.05, 3.63) is 34.4 Å². The Hall–Kier alpha value is -1.10. The highest BCUT2D eigenvalue weighted by atomic mass is 19.2. The van der Waals surface area contributed by atoms with E-state index in [2.05, 4.69) is 0 Å². The van der Waals surface area contributed by atoms with Crippen molar-refractivity contribution in [2.75, 3.05) is 6.54 Å². The van der Waals surface area contributed by atoms with Gasteiger partial charge in [-0.2, -0.15) is 0 Å². The fourth-order valence-corrected chi connectivity index (χ4v) is 1.15. The number of hydrogen-bond acceptors (Lipinski definition) is 1. The molecule has 0 aromatic heterocycles. The van der Waals surface area contributed by atoms with Gasteiger partial charge in [-0.15, -0.1) is 0 Å². The van der Waals surface area contributed by atoms with E-state index in [-0.39, 0.29) is 13.0 Å². The van der Waals surface area contributed by atoms with Crippen LogP contribution in [0, 0.1) is 30.2 Å². The van der Waals surface area contributed by atoms with Crippen molar-refractivity contribution in [3.8, 4) is 0 Å². The van der Waals surface area contributed by atoms with Crippen molar-refractivity contribution in [1.29, 1.82) is 0 Å². The van der Waals surface area contributed by atoms with Gasteiger partial charge in [0, 0.05) is 11.1 Å². The maximum Gasteiger partial charge on any atom is 0.165 e. The molecule has 0 fully saturated rings. The van der Waals surface area contributed by atoms with Crippen LogP contribution < -0.4 is 5.73 Å². The maximum atomic E-state index is 13.1. The number of halogens is 4. The first-order valence-corrected chi connectivity index (χ1v) is 4.02. The normalized spacial score (nSPS) is 10.7. The molecule has 14 heavy (non-hydrogen) atoms. The molecule has 0 saturated heterocycles. The van der Waals surface area contributed by atoms with Gasteiger partial charge in [0.05, 0.1) is 0 Å². The van der Waals surface area contributed by atoms with Crippen LogP contribution in [0.2, 0.25) is 0 Å². The van der Waals surface area contributed by atoms with Crippen LogP contribution in [0.1, 0.15) is 11.1 Å². The molecule has 0 heterocycles. The largest absolute Gasteiger partial charge is 0.330 e. The molecule has 1 nitrogen and oxygen atoms in total. The highest BCUT2D eigenvalue weighted by molar-refractivity contribution is 5.29. The highest BCUT2D eigenvalue weighted by Gasteiger charge is 2.21. The fraction of sp³-hybridized carbons (Fsp3) is 0.333. The Morgan fingerprint density at radius 1 is 0.929 bits per heavy atom. The van der Waals surface area contributed by atoms with Gasteiger partial charge >= 0.3 is 0 Å². The standard InChI is InChI=1S/C9H9F4N/c1-4-6(10)8(12)5(2-3-14)9(13)7(4)11/h2-3,14H2,1H3. The molecule has 5 heteroatoms. The minimum Gasteiger partial charge on any atom is -0.330 e. The minimum absolute atomic E-state index is 0.0736. The summed E-state index contributed by atoms with van der Waals surface area (Å²) in [6.45, 7) is 0.902. The summed E-state index contributed by atoms with van der Waals surface area (Å²) >= 11 is 0. The number of hydrogen-bond donors (Lipinski definition) is 1. The van der Waals surface area contributed by atoms with Crippen LogP contribution in [0.5, 0.6) is 0 Å². The van der Waals surface area contributed by atoms with Crippen molar-refractivity contribution >= 4 is 0 Å². The van der Waals surface area contributed by atoms with Gasteiger partial charge in [-0.05, 0) is 19.9 Å². The van der Waals surface area contributed by atoms with E-state index in [0.717, 1.165) is 6.92 Å². The molecule has 0 aliphatic carbocycles. The number of benzene rings is 1. The predicted molar refractivity (Wildman–Crippen MR) is 43.8 cm³/mol. The van der Waals surface area contributed by atoms with Gasteiger partial charge < -0.3 is 5.73 Å². The SMILES string of the molecule is Cc1c(F)c(F)c(CCN)c(F)c1F. The first kappa shape index (κ1) is 11.0. The second-order valence-electron chi connectivity index (χ2n) is 2.90. The first-order chi connectivity index (χ1) is 6.50. The van der Waals surface area contributed by atoms with E-state index in [1.807, 2.05) is 0 Å². The van der Waals surface area contributed by atoms with Crippen molar-refractivity contribution in [2.45, 2.75) is 13.3 Å². The van der Waals surface area contributed by atoms with Crippen molar-refractivity contribution < 1.29 is 17.6 Å². The van der Waals surface area contributed by atoms with Crippen LogP contribution in [-0.4, -0.2) is 6.54 Å². The quantitative estimate of drug-likeness (QED) is 0.583. The van der Waals surface area contributed by atoms with E-state index in [9.17, 15) is 17.6 Å². The average Bonchev–Trinajstić information content (AvgIpc) is 2.19. The van der Waals surface area contributed by atoms with Gasteiger partial charge in [-0.25, -0.2) is 17.6 Å². The molecule has 0 radical (unpaired) electrons. The molecular weight excluding hydrogens is 198 g/mol. The number of nitrogens with two attached hydrogens (primary N) is 1. The van der Waals surface area contributed by atoms with Crippen LogP contribution in [0.3, 0.4) is 0 Å². The summed E-state index contributed by atoms with van der Waals surface area (Å²) in [6, 6.07) is 0. The van der Waals surface area contributed by atoms with E-state index >= 15 is 0 Å². The Morgan fingerprint density at radius 2 is 1.36 bits per heavy atom. The minimum atomic E-state index is -1.35. The second kappa shape index (κ2) is 3.96. The molecule has 1 aromatic carbocycles. The Morgan fingerprint density at radius 3 is 1.71 bits per heavy atom. The summed E-state index contributed by atoms with van der Waals surface area (Å²) in [7, 11) is 0. The summed E-state index contributed by atoms with van der Waals surface area (Å²) in [5.41, 5.74) is 3.77. The third kappa shape index (κ3) is 1.59. The monoisotopic (exact) mass is 207 g/mol. The lowest BCUT2D eigenvalue weighted by atomic mass is 10.1. The Kier molecular flexibility index (Phi) is 3.10. The molecular formula is C9H9F4N. The van der Waals surface area contributed by atoms with Crippen molar-refractivity contribution in [3.63, 3.8) is 0 Å². The van der Waals surface area contributed by atoms with E-state index in [1.54, 1.807) is 0 Å². The second-order valence-corrected chi connectivity index (χ2v) is 2.90. The van der Waals surface area contributed by atoms with E-state index in [0.29, 0.717) is 0 Å². The average molecular weight is 207 g/mol. The summed E-state index contributed by atoms with van der Waals surface area (Å²) in [5, 5.41) is 0. The molecule has 0 spiro atoms. The predicted octanol–water partition coefficient (Wildman–Crippen LogP) is 2.05. The van der Waals surface area contributed by atoms with Crippen molar-refractivity contribution in [1.82, 2.24) is 0 Å². The number of rotatable bonds is 2. The van der Waals surface area contributed by atoms with Gasteiger partial charge in [-0.3, -0.25) is 0 Å². The van der Waals surface area contributed by atoms with Gasteiger partial charge in [0.15, 0.2) is 23.3 Å². The molecule has 1 aromatic rings. The van der Waals surface area contributed by atoms with Gasteiger partial charge in [0.2, 0.25) is 0 Å². The lowest BCUT2D eigenvalue weighted by molar-refractivity contribution is 0.431. The highest BCUT2D eigenvalue weighted by Crippen LogP contribution is 2.23. The molecule has 1 rings (SSSR count). The van der Waals surface area contributed by atoms with E-state index in [1.165, 1.54) is 0 Å². The Balaban J connectivity index is 3.43. The zero-order valence-corrected chi connectivity index (χ0v) is 7.50. The van der Waals surface area contributed by atoms with E-state index in [4.69, 9.17) is 5.73 Å². The lowest BCUT2D eigenvalue weighted by Gasteiger charge is -2.08. The lowest BCUT2D eigenvalue weighted by Crippen LogP contribution is -2.11. The Labute approximate surface area is 78.5 Å². The summed E-state index contributed by atoms with van der Waals surface area (Å²) < 4.78 is 52.0. The molecule has 2 N–H and O–H groups in total. The van der Waals surface area contributed by atoms with Crippen LogP contribution in [0.15, 0.2) is 0 Å². The molecule has 0 bridgehead atoms. The van der Waals surface area contributed by atoms with Gasteiger partial charge in [0.25, 0.3) is 0 Å². The third-order valence-corrected chi connectivity index (χ3v) is 1.97. The van der Waals surface area contributed by atoms with Crippen molar-refractivity contribution in [2.24, 2.45) is 5.73 Å². The van der Waals surface area contributed by atoms with Gasteiger partial charge in [0.1, 0.15) is 0 Å². The molecule has 0 atom stereocenters. The molecule has 0 unspecified atom stereocenters. The zero-order chi connectivity index (χ0) is 10.9. The molecule has 0 saturated carbocycles.